The van der Waals surface area contributed by atoms with Crippen molar-refractivity contribution in [2.24, 2.45) is 5.92 Å². The standard InChI is InChI=1S/C15H23BrN2O2/c1-4-17-10-13(16)9-14(17)15(19)18(7-8-20-3)11(2)12-5-6-12/h9-12H,4-8H2,1-3H3. The molecule has 4 nitrogen and oxygen atoms in total. The van der Waals surface area contributed by atoms with Crippen molar-refractivity contribution >= 4 is 21.8 Å². The lowest BCUT2D eigenvalue weighted by Gasteiger charge is -2.29. The van der Waals surface area contributed by atoms with Gasteiger partial charge in [0, 0.05) is 36.9 Å². The number of hydrogen-bond donors (Lipinski definition) is 0. The van der Waals surface area contributed by atoms with Crippen molar-refractivity contribution in [2.45, 2.75) is 39.3 Å². The molecule has 1 saturated carbocycles. The first kappa shape index (κ1) is 15.6. The molecule has 1 unspecified atom stereocenters. The Morgan fingerprint density at radius 3 is 2.85 bits per heavy atom. The van der Waals surface area contributed by atoms with Crippen molar-refractivity contribution in [2.75, 3.05) is 20.3 Å². The maximum atomic E-state index is 12.8. The van der Waals surface area contributed by atoms with E-state index in [9.17, 15) is 4.79 Å². The Bertz CT molecular complexity index is 468. The minimum Gasteiger partial charge on any atom is -0.383 e. The molecule has 1 fully saturated rings. The van der Waals surface area contributed by atoms with E-state index in [0.29, 0.717) is 19.1 Å². The summed E-state index contributed by atoms with van der Waals surface area (Å²) in [7, 11) is 1.68. The van der Waals surface area contributed by atoms with E-state index in [-0.39, 0.29) is 11.9 Å². The first-order chi connectivity index (χ1) is 9.58. The van der Waals surface area contributed by atoms with Gasteiger partial charge in [0.05, 0.1) is 6.61 Å². The Morgan fingerprint density at radius 2 is 2.30 bits per heavy atom. The number of aromatic nitrogens is 1. The number of carbonyl (C=O) groups is 1. The van der Waals surface area contributed by atoms with Crippen LogP contribution in [0.15, 0.2) is 16.7 Å². The molecule has 1 aromatic rings. The SMILES string of the molecule is CCn1cc(Br)cc1C(=O)N(CCOC)C(C)C1CC1. The third kappa shape index (κ3) is 3.44. The van der Waals surface area contributed by atoms with Crippen molar-refractivity contribution in [3.63, 3.8) is 0 Å². The average molecular weight is 343 g/mol. The van der Waals surface area contributed by atoms with Gasteiger partial charge in [-0.1, -0.05) is 0 Å². The zero-order valence-electron chi connectivity index (χ0n) is 12.4. The van der Waals surface area contributed by atoms with Crippen LogP contribution in [-0.4, -0.2) is 41.7 Å². The van der Waals surface area contributed by atoms with E-state index in [4.69, 9.17) is 4.74 Å². The van der Waals surface area contributed by atoms with Crippen LogP contribution in [0.2, 0.25) is 0 Å². The highest BCUT2D eigenvalue weighted by Crippen LogP contribution is 2.35. The topological polar surface area (TPSA) is 34.5 Å². The molecule has 0 aliphatic heterocycles. The summed E-state index contributed by atoms with van der Waals surface area (Å²) >= 11 is 3.46. The summed E-state index contributed by atoms with van der Waals surface area (Å²) in [6, 6.07) is 2.20. The van der Waals surface area contributed by atoms with Crippen molar-refractivity contribution in [3.05, 3.63) is 22.4 Å². The van der Waals surface area contributed by atoms with Gasteiger partial charge in [-0.2, -0.15) is 0 Å². The van der Waals surface area contributed by atoms with Gasteiger partial charge in [-0.3, -0.25) is 4.79 Å². The van der Waals surface area contributed by atoms with Crippen LogP contribution in [0.3, 0.4) is 0 Å². The van der Waals surface area contributed by atoms with Crippen molar-refractivity contribution in [1.29, 1.82) is 0 Å². The summed E-state index contributed by atoms with van der Waals surface area (Å²) in [5, 5.41) is 0. The summed E-state index contributed by atoms with van der Waals surface area (Å²) in [5.74, 6) is 0.762. The maximum absolute atomic E-state index is 12.8. The van der Waals surface area contributed by atoms with E-state index in [0.717, 1.165) is 16.7 Å². The highest BCUT2D eigenvalue weighted by molar-refractivity contribution is 9.10. The van der Waals surface area contributed by atoms with E-state index in [1.807, 2.05) is 28.7 Å². The lowest BCUT2D eigenvalue weighted by molar-refractivity contribution is 0.0584. The molecule has 1 aromatic heterocycles. The number of rotatable bonds is 7. The fraction of sp³-hybridized carbons (Fsp3) is 0.667. The summed E-state index contributed by atoms with van der Waals surface area (Å²) < 4.78 is 8.10. The predicted molar refractivity (Wildman–Crippen MR) is 82.9 cm³/mol. The first-order valence-electron chi connectivity index (χ1n) is 7.24. The normalized spacial score (nSPS) is 16.2. The molecule has 0 radical (unpaired) electrons. The third-order valence-electron chi connectivity index (χ3n) is 4.02. The smallest absolute Gasteiger partial charge is 0.270 e. The van der Waals surface area contributed by atoms with E-state index in [1.54, 1.807) is 7.11 Å². The number of halogens is 1. The van der Waals surface area contributed by atoms with Crippen LogP contribution in [0, 0.1) is 5.92 Å². The lowest BCUT2D eigenvalue weighted by Crippen LogP contribution is -2.42. The molecular weight excluding hydrogens is 320 g/mol. The first-order valence-corrected chi connectivity index (χ1v) is 8.03. The molecule has 0 bridgehead atoms. The summed E-state index contributed by atoms with van der Waals surface area (Å²) in [4.78, 5) is 14.8. The largest absolute Gasteiger partial charge is 0.383 e. The molecule has 1 heterocycles. The Labute approximate surface area is 129 Å². The second-order valence-electron chi connectivity index (χ2n) is 5.40. The average Bonchev–Trinajstić information content (AvgIpc) is 3.21. The fourth-order valence-corrected chi connectivity index (χ4v) is 3.04. The summed E-state index contributed by atoms with van der Waals surface area (Å²) in [6.45, 7) is 6.23. The van der Waals surface area contributed by atoms with E-state index in [2.05, 4.69) is 22.9 Å². The van der Waals surface area contributed by atoms with Crippen LogP contribution >= 0.6 is 15.9 Å². The van der Waals surface area contributed by atoms with E-state index >= 15 is 0 Å². The molecule has 0 saturated heterocycles. The lowest BCUT2D eigenvalue weighted by atomic mass is 10.1. The summed E-state index contributed by atoms with van der Waals surface area (Å²) in [5.41, 5.74) is 0.753. The molecule has 20 heavy (non-hydrogen) atoms. The molecule has 1 aliphatic carbocycles. The van der Waals surface area contributed by atoms with Gasteiger partial charge in [0.1, 0.15) is 5.69 Å². The zero-order chi connectivity index (χ0) is 14.7. The van der Waals surface area contributed by atoms with Crippen LogP contribution in [0.25, 0.3) is 0 Å². The summed E-state index contributed by atoms with van der Waals surface area (Å²) in [6.07, 6.45) is 4.43. The van der Waals surface area contributed by atoms with Gasteiger partial charge in [-0.15, -0.1) is 0 Å². The van der Waals surface area contributed by atoms with Crippen molar-refractivity contribution < 1.29 is 9.53 Å². The molecule has 5 heteroatoms. The molecule has 112 valence electrons. The number of hydrogen-bond acceptors (Lipinski definition) is 2. The molecule has 1 aliphatic rings. The monoisotopic (exact) mass is 342 g/mol. The minimum atomic E-state index is 0.106. The fourth-order valence-electron chi connectivity index (χ4n) is 2.58. The molecule has 1 amide bonds. The number of ether oxygens (including phenoxy) is 1. The van der Waals surface area contributed by atoms with Gasteiger partial charge < -0.3 is 14.2 Å². The molecule has 2 rings (SSSR count). The molecule has 0 N–H and O–H groups in total. The third-order valence-corrected chi connectivity index (χ3v) is 4.45. The van der Waals surface area contributed by atoms with E-state index in [1.165, 1.54) is 12.8 Å². The van der Waals surface area contributed by atoms with Crippen molar-refractivity contribution in [3.8, 4) is 0 Å². The highest BCUT2D eigenvalue weighted by atomic mass is 79.9. The molecular formula is C15H23BrN2O2. The van der Waals surface area contributed by atoms with Gasteiger partial charge in [0.15, 0.2) is 0 Å². The van der Waals surface area contributed by atoms with Gasteiger partial charge >= 0.3 is 0 Å². The zero-order valence-corrected chi connectivity index (χ0v) is 14.0. The quantitative estimate of drug-likeness (QED) is 0.762. The van der Waals surface area contributed by atoms with Gasteiger partial charge in [-0.05, 0) is 54.6 Å². The van der Waals surface area contributed by atoms with Crippen LogP contribution in [0.4, 0.5) is 0 Å². The van der Waals surface area contributed by atoms with Crippen LogP contribution in [-0.2, 0) is 11.3 Å². The van der Waals surface area contributed by atoms with Crippen LogP contribution < -0.4 is 0 Å². The Morgan fingerprint density at radius 1 is 1.60 bits per heavy atom. The molecule has 1 atom stereocenters. The second-order valence-corrected chi connectivity index (χ2v) is 6.31. The van der Waals surface area contributed by atoms with Gasteiger partial charge in [0.2, 0.25) is 0 Å². The Hall–Kier alpha value is -0.810. The Kier molecular flexibility index (Phi) is 5.27. The number of nitrogens with zero attached hydrogens (tertiary/aromatic N) is 2. The highest BCUT2D eigenvalue weighted by Gasteiger charge is 2.35. The van der Waals surface area contributed by atoms with Crippen LogP contribution in [0.1, 0.15) is 37.2 Å². The van der Waals surface area contributed by atoms with Gasteiger partial charge in [-0.25, -0.2) is 0 Å². The van der Waals surface area contributed by atoms with Gasteiger partial charge in [0.25, 0.3) is 5.91 Å². The van der Waals surface area contributed by atoms with E-state index < -0.39 is 0 Å². The maximum Gasteiger partial charge on any atom is 0.270 e. The number of aryl methyl sites for hydroxylation is 1. The van der Waals surface area contributed by atoms with Crippen molar-refractivity contribution in [1.82, 2.24) is 9.47 Å². The molecule has 0 aromatic carbocycles. The number of carbonyl (C=O) groups excluding carboxylic acids is 1. The molecule has 0 spiro atoms. The van der Waals surface area contributed by atoms with Crippen LogP contribution in [0.5, 0.6) is 0 Å². The number of amides is 1. The second kappa shape index (κ2) is 6.76. The number of methoxy groups -OCH3 is 1. The Balaban J connectivity index is 2.19. The predicted octanol–water partition coefficient (Wildman–Crippen LogP) is 3.16. The minimum absolute atomic E-state index is 0.106.